The van der Waals surface area contributed by atoms with E-state index in [1.54, 1.807) is 0 Å². The zero-order chi connectivity index (χ0) is 41.9. The summed E-state index contributed by atoms with van der Waals surface area (Å²) in [6.07, 6.45) is 41.3. The summed E-state index contributed by atoms with van der Waals surface area (Å²) in [5.41, 5.74) is 0. The number of unbranched alkanes of at least 4 members (excludes halogenated alkanes) is 20. The van der Waals surface area contributed by atoms with E-state index in [0.29, 0.717) is 32.0 Å². The maximum Gasteiger partial charge on any atom is 0.305 e. The van der Waals surface area contributed by atoms with Crippen LogP contribution < -0.4 is 0 Å². The molecule has 0 radical (unpaired) electrons. The molecule has 0 fully saturated rings. The number of carbonyl (C=O) groups is 2. The summed E-state index contributed by atoms with van der Waals surface area (Å²) in [5.74, 6) is 1.33. The molecule has 6 heteroatoms. The Labute approximate surface area is 357 Å². The number of hydrogen-bond acceptors (Lipinski definition) is 6. The fourth-order valence-electron chi connectivity index (χ4n) is 8.17. The van der Waals surface area contributed by atoms with E-state index >= 15 is 0 Å². The normalized spacial score (nSPS) is 12.8. The Morgan fingerprint density at radius 2 is 0.789 bits per heavy atom. The van der Waals surface area contributed by atoms with Crippen LogP contribution in [0.3, 0.4) is 0 Å². The summed E-state index contributed by atoms with van der Waals surface area (Å²) in [6, 6.07) is 0. The molecule has 2 unspecified atom stereocenters. The van der Waals surface area contributed by atoms with Crippen LogP contribution in [-0.2, 0) is 19.1 Å². The quantitative estimate of drug-likeness (QED) is 0.0451. The smallest absolute Gasteiger partial charge is 0.305 e. The minimum absolute atomic E-state index is 0.00181. The number of likely N-dealkylation sites (N-methyl/N-ethyl adjacent to an activating group) is 1. The molecular weight excluding hydrogens is 705 g/mol. The van der Waals surface area contributed by atoms with Gasteiger partial charge in [-0.2, -0.15) is 0 Å². The van der Waals surface area contributed by atoms with Gasteiger partial charge in [0.15, 0.2) is 0 Å². The van der Waals surface area contributed by atoms with Gasteiger partial charge in [-0.05, 0) is 89.9 Å². The minimum atomic E-state index is -0.00864. The lowest BCUT2D eigenvalue weighted by Gasteiger charge is -2.25. The Morgan fingerprint density at radius 3 is 1.26 bits per heavy atom. The van der Waals surface area contributed by atoms with E-state index in [-0.39, 0.29) is 11.9 Å². The van der Waals surface area contributed by atoms with Crippen LogP contribution in [0.1, 0.15) is 253 Å². The maximum absolute atomic E-state index is 12.7. The van der Waals surface area contributed by atoms with Crippen molar-refractivity contribution in [3.63, 3.8) is 0 Å². The van der Waals surface area contributed by atoms with E-state index in [9.17, 15) is 9.59 Å². The van der Waals surface area contributed by atoms with E-state index < -0.39 is 0 Å². The minimum Gasteiger partial charge on any atom is -0.466 e. The van der Waals surface area contributed by atoms with Gasteiger partial charge in [0.05, 0.1) is 13.2 Å². The number of rotatable bonds is 46. The molecule has 0 heterocycles. The van der Waals surface area contributed by atoms with Crippen LogP contribution in [0.25, 0.3) is 0 Å². The van der Waals surface area contributed by atoms with Crippen LogP contribution in [0.2, 0.25) is 0 Å². The molecule has 0 rings (SSSR count). The first-order valence-electron chi connectivity index (χ1n) is 25.6. The molecule has 0 aromatic rings. The molecule has 57 heavy (non-hydrogen) atoms. The molecule has 0 saturated heterocycles. The fourth-order valence-corrected chi connectivity index (χ4v) is 8.17. The Balaban J connectivity index is 4.39. The largest absolute Gasteiger partial charge is 0.466 e. The number of ether oxygens (including phenoxy) is 2. The molecule has 0 amide bonds. The zero-order valence-corrected chi connectivity index (χ0v) is 39.7. The van der Waals surface area contributed by atoms with Crippen molar-refractivity contribution < 1.29 is 19.1 Å². The van der Waals surface area contributed by atoms with Crippen molar-refractivity contribution in [3.8, 4) is 0 Å². The number of esters is 2. The Hall–Kier alpha value is -1.14. The molecule has 6 nitrogen and oxygen atoms in total. The van der Waals surface area contributed by atoms with E-state index in [4.69, 9.17) is 9.47 Å². The second-order valence-electron chi connectivity index (χ2n) is 17.9. The Kier molecular flexibility index (Phi) is 43.5. The van der Waals surface area contributed by atoms with E-state index in [1.165, 1.54) is 161 Å². The second-order valence-corrected chi connectivity index (χ2v) is 17.9. The molecule has 2 atom stereocenters. The third-order valence-corrected chi connectivity index (χ3v) is 12.4. The highest BCUT2D eigenvalue weighted by Crippen LogP contribution is 2.24. The lowest BCUT2D eigenvalue weighted by atomic mass is 9.90. The summed E-state index contributed by atoms with van der Waals surface area (Å²) in [5, 5.41) is 0. The summed E-state index contributed by atoms with van der Waals surface area (Å²) in [4.78, 5) is 30.2. The van der Waals surface area contributed by atoms with Crippen LogP contribution >= 0.6 is 0 Å². The Morgan fingerprint density at radius 1 is 0.404 bits per heavy atom. The van der Waals surface area contributed by atoms with E-state index in [2.05, 4.69) is 51.5 Å². The van der Waals surface area contributed by atoms with Crippen LogP contribution in [0, 0.1) is 11.8 Å². The van der Waals surface area contributed by atoms with Gasteiger partial charge in [0.1, 0.15) is 0 Å². The third-order valence-electron chi connectivity index (χ3n) is 12.4. The summed E-state index contributed by atoms with van der Waals surface area (Å²) in [6.45, 7) is 17.9. The van der Waals surface area contributed by atoms with Crippen molar-refractivity contribution in [2.75, 3.05) is 53.0 Å². The monoisotopic (exact) mass is 807 g/mol. The molecule has 0 aliphatic rings. The highest BCUT2D eigenvalue weighted by molar-refractivity contribution is 5.69. The lowest BCUT2D eigenvalue weighted by molar-refractivity contribution is -0.145. The van der Waals surface area contributed by atoms with Gasteiger partial charge >= 0.3 is 11.9 Å². The number of nitrogens with zero attached hydrogens (tertiary/aromatic N) is 2. The predicted octanol–water partition coefficient (Wildman–Crippen LogP) is 14.9. The SMILES string of the molecule is CCCCCCCCC(CCCCCC)CCCOC(=O)CCCCCN(CCCCCC(=O)OCC(CCCCCC)CCCCCCCC)CCN(C)CC. The molecule has 0 aliphatic heterocycles. The molecule has 0 aromatic heterocycles. The molecule has 340 valence electrons. The fraction of sp³-hybridized carbons (Fsp3) is 0.961. The third kappa shape index (κ3) is 40.1. The predicted molar refractivity (Wildman–Crippen MR) is 248 cm³/mol. The summed E-state index contributed by atoms with van der Waals surface area (Å²) >= 11 is 0. The van der Waals surface area contributed by atoms with Crippen molar-refractivity contribution in [1.82, 2.24) is 9.80 Å². The first-order valence-corrected chi connectivity index (χ1v) is 25.6. The van der Waals surface area contributed by atoms with Crippen molar-refractivity contribution in [2.24, 2.45) is 11.8 Å². The Bertz CT molecular complexity index is 838. The van der Waals surface area contributed by atoms with Gasteiger partial charge in [0.25, 0.3) is 0 Å². The highest BCUT2D eigenvalue weighted by Gasteiger charge is 2.14. The van der Waals surface area contributed by atoms with Crippen LogP contribution in [0.4, 0.5) is 0 Å². The molecule has 0 N–H and O–H groups in total. The van der Waals surface area contributed by atoms with Crippen molar-refractivity contribution in [2.45, 2.75) is 253 Å². The van der Waals surface area contributed by atoms with E-state index in [0.717, 1.165) is 83.6 Å². The highest BCUT2D eigenvalue weighted by atomic mass is 16.5. The second kappa shape index (κ2) is 44.4. The van der Waals surface area contributed by atoms with Crippen LogP contribution in [-0.4, -0.2) is 74.7 Å². The van der Waals surface area contributed by atoms with Gasteiger partial charge in [0.2, 0.25) is 0 Å². The first kappa shape index (κ1) is 55.9. The van der Waals surface area contributed by atoms with Gasteiger partial charge in [-0.3, -0.25) is 9.59 Å². The molecule has 0 saturated carbocycles. The van der Waals surface area contributed by atoms with Gasteiger partial charge < -0.3 is 19.3 Å². The topological polar surface area (TPSA) is 59.1 Å². The number of hydrogen-bond donors (Lipinski definition) is 0. The summed E-state index contributed by atoms with van der Waals surface area (Å²) in [7, 11) is 2.20. The average molecular weight is 807 g/mol. The standard InChI is InChI=1S/C51H102N2O4/c1-7-12-16-20-22-28-36-48(35-26-18-14-9-3)39-34-46-56-50(54)40-30-24-32-42-53(45-44-52(6)11-5)43-33-25-31-41-51(55)57-47-49(37-27-19-15-10-4)38-29-23-21-17-13-8-2/h48-49H,7-47H2,1-6H3. The van der Waals surface area contributed by atoms with E-state index in [1.807, 2.05) is 0 Å². The zero-order valence-electron chi connectivity index (χ0n) is 39.7. The van der Waals surface area contributed by atoms with Gasteiger partial charge in [-0.15, -0.1) is 0 Å². The molecule has 0 aromatic carbocycles. The van der Waals surface area contributed by atoms with Crippen molar-refractivity contribution in [1.29, 1.82) is 0 Å². The van der Waals surface area contributed by atoms with Gasteiger partial charge in [0, 0.05) is 25.9 Å². The molecule has 0 spiro atoms. The van der Waals surface area contributed by atoms with Crippen molar-refractivity contribution in [3.05, 3.63) is 0 Å². The maximum atomic E-state index is 12.7. The van der Waals surface area contributed by atoms with Crippen LogP contribution in [0.5, 0.6) is 0 Å². The first-order chi connectivity index (χ1) is 27.9. The molecule has 0 bridgehead atoms. The number of carbonyl (C=O) groups excluding carboxylic acids is 2. The average Bonchev–Trinajstić information content (AvgIpc) is 3.21. The van der Waals surface area contributed by atoms with Gasteiger partial charge in [-0.1, -0.05) is 189 Å². The summed E-state index contributed by atoms with van der Waals surface area (Å²) < 4.78 is 11.5. The molecule has 0 aliphatic carbocycles. The van der Waals surface area contributed by atoms with Crippen molar-refractivity contribution >= 4 is 11.9 Å². The van der Waals surface area contributed by atoms with Gasteiger partial charge in [-0.25, -0.2) is 0 Å². The van der Waals surface area contributed by atoms with Crippen LogP contribution in [0.15, 0.2) is 0 Å². The molecular formula is C51H102N2O4. The lowest BCUT2D eigenvalue weighted by Crippen LogP contribution is -2.34.